The summed E-state index contributed by atoms with van der Waals surface area (Å²) >= 11 is 0. The highest BCUT2D eigenvalue weighted by molar-refractivity contribution is 5.91. The smallest absolute Gasteiger partial charge is 0.224 e. The van der Waals surface area contributed by atoms with Crippen LogP contribution in [0.1, 0.15) is 40.5 Å². The van der Waals surface area contributed by atoms with Crippen LogP contribution in [-0.4, -0.2) is 5.91 Å². The minimum atomic E-state index is -0.513. The first kappa shape index (κ1) is 15.5. The molecule has 0 aliphatic rings. The van der Waals surface area contributed by atoms with E-state index in [4.69, 9.17) is 5.73 Å². The van der Waals surface area contributed by atoms with E-state index in [-0.39, 0.29) is 17.0 Å². The number of nitrogen functional groups attached to an aromatic ring is 1. The van der Waals surface area contributed by atoms with Crippen LogP contribution < -0.4 is 11.1 Å². The molecule has 0 saturated carbocycles. The summed E-state index contributed by atoms with van der Waals surface area (Å²) < 4.78 is 13.2. The zero-order valence-corrected chi connectivity index (χ0v) is 12.1. The van der Waals surface area contributed by atoms with E-state index in [2.05, 4.69) is 26.1 Å². The molecule has 1 aromatic carbocycles. The summed E-state index contributed by atoms with van der Waals surface area (Å²) in [4.78, 5) is 11.8. The third-order valence-corrected chi connectivity index (χ3v) is 2.78. The molecule has 106 valence electrons. The Labute approximate surface area is 114 Å². The molecule has 1 unspecified atom stereocenters. The fourth-order valence-corrected chi connectivity index (χ4v) is 2.25. The molecule has 0 radical (unpaired) electrons. The van der Waals surface area contributed by atoms with Crippen molar-refractivity contribution in [2.75, 3.05) is 11.1 Å². The molecule has 1 aromatic rings. The highest BCUT2D eigenvalue weighted by atomic mass is 19.1. The quantitative estimate of drug-likeness (QED) is 0.814. The lowest BCUT2D eigenvalue weighted by atomic mass is 9.84. The van der Waals surface area contributed by atoms with Gasteiger partial charge in [0.2, 0.25) is 5.91 Å². The van der Waals surface area contributed by atoms with Gasteiger partial charge < -0.3 is 11.1 Å². The number of nitrogens with two attached hydrogens (primary N) is 1. The van der Waals surface area contributed by atoms with E-state index in [0.717, 1.165) is 6.42 Å². The predicted octanol–water partition coefficient (Wildman–Crippen LogP) is 3.81. The van der Waals surface area contributed by atoms with Crippen molar-refractivity contribution in [2.24, 2.45) is 11.3 Å². The van der Waals surface area contributed by atoms with Crippen molar-refractivity contribution >= 4 is 17.3 Å². The first-order valence-electron chi connectivity index (χ1n) is 6.52. The minimum absolute atomic E-state index is 0.0825. The van der Waals surface area contributed by atoms with Crippen molar-refractivity contribution < 1.29 is 9.18 Å². The van der Waals surface area contributed by atoms with Gasteiger partial charge in [-0.25, -0.2) is 4.39 Å². The summed E-state index contributed by atoms with van der Waals surface area (Å²) in [6.07, 6.45) is 1.40. The van der Waals surface area contributed by atoms with Gasteiger partial charge in [0.15, 0.2) is 0 Å². The number of carbonyl (C=O) groups excluding carboxylic acids is 1. The molecule has 3 N–H and O–H groups in total. The van der Waals surface area contributed by atoms with Gasteiger partial charge in [0.1, 0.15) is 5.82 Å². The van der Waals surface area contributed by atoms with Crippen molar-refractivity contribution in [3.63, 3.8) is 0 Å². The molecule has 19 heavy (non-hydrogen) atoms. The summed E-state index contributed by atoms with van der Waals surface area (Å²) in [6, 6.07) is 4.29. The van der Waals surface area contributed by atoms with Crippen LogP contribution in [0.4, 0.5) is 15.8 Å². The Morgan fingerprint density at radius 2 is 2.05 bits per heavy atom. The van der Waals surface area contributed by atoms with E-state index < -0.39 is 5.82 Å². The van der Waals surface area contributed by atoms with Gasteiger partial charge in [-0.3, -0.25) is 4.79 Å². The van der Waals surface area contributed by atoms with Crippen molar-refractivity contribution in [3.05, 3.63) is 24.0 Å². The monoisotopic (exact) mass is 266 g/mol. The van der Waals surface area contributed by atoms with Crippen molar-refractivity contribution in [2.45, 2.75) is 40.5 Å². The van der Waals surface area contributed by atoms with Crippen LogP contribution in [0.15, 0.2) is 18.2 Å². The first-order valence-corrected chi connectivity index (χ1v) is 6.52. The molecule has 0 bridgehead atoms. The first-order chi connectivity index (χ1) is 8.67. The second-order valence-corrected chi connectivity index (χ2v) is 6.36. The van der Waals surface area contributed by atoms with Gasteiger partial charge in [-0.15, -0.1) is 0 Å². The summed E-state index contributed by atoms with van der Waals surface area (Å²) in [5.74, 6) is -0.319. The predicted molar refractivity (Wildman–Crippen MR) is 77.3 cm³/mol. The van der Waals surface area contributed by atoms with Gasteiger partial charge in [0.05, 0.1) is 5.69 Å². The molecule has 0 aromatic heterocycles. The largest absolute Gasteiger partial charge is 0.396 e. The number of nitrogens with one attached hydrogen (secondary N) is 1. The molecule has 0 aliphatic carbocycles. The average Bonchev–Trinajstić information content (AvgIpc) is 2.20. The number of hydrogen-bond acceptors (Lipinski definition) is 2. The van der Waals surface area contributed by atoms with Crippen LogP contribution in [-0.2, 0) is 4.79 Å². The standard InChI is InChI=1S/C15H23FN2O/c1-10(9-15(2,3)4)7-14(19)18-11-5-6-13(17)12(16)8-11/h5-6,8,10H,7,9,17H2,1-4H3,(H,18,19). The number of amides is 1. The third-order valence-electron chi connectivity index (χ3n) is 2.78. The molecule has 0 aliphatic heterocycles. The number of hydrogen-bond donors (Lipinski definition) is 2. The summed E-state index contributed by atoms with van der Waals surface area (Å²) in [6.45, 7) is 8.50. The van der Waals surface area contributed by atoms with E-state index in [0.29, 0.717) is 18.0 Å². The van der Waals surface area contributed by atoms with Crippen LogP contribution in [0.2, 0.25) is 0 Å². The maximum Gasteiger partial charge on any atom is 0.224 e. The highest BCUT2D eigenvalue weighted by Gasteiger charge is 2.17. The lowest BCUT2D eigenvalue weighted by Crippen LogP contribution is -2.19. The maximum atomic E-state index is 13.2. The minimum Gasteiger partial charge on any atom is -0.396 e. The van der Waals surface area contributed by atoms with E-state index in [9.17, 15) is 9.18 Å². The fourth-order valence-electron chi connectivity index (χ4n) is 2.25. The molecule has 0 spiro atoms. The summed E-state index contributed by atoms with van der Waals surface area (Å²) in [5, 5.41) is 2.69. The Bertz CT molecular complexity index is 452. The van der Waals surface area contributed by atoms with Crippen LogP contribution in [0.5, 0.6) is 0 Å². The topological polar surface area (TPSA) is 55.1 Å². The molecule has 1 amide bonds. The SMILES string of the molecule is CC(CC(=O)Nc1ccc(N)c(F)c1)CC(C)(C)C. The zero-order chi connectivity index (χ0) is 14.6. The second-order valence-electron chi connectivity index (χ2n) is 6.36. The fraction of sp³-hybridized carbons (Fsp3) is 0.533. The number of benzene rings is 1. The molecule has 4 heteroatoms. The highest BCUT2D eigenvalue weighted by Crippen LogP contribution is 2.26. The Balaban J connectivity index is 2.53. The molecular weight excluding hydrogens is 243 g/mol. The number of anilines is 2. The Hall–Kier alpha value is -1.58. The van der Waals surface area contributed by atoms with E-state index in [1.807, 2.05) is 6.92 Å². The van der Waals surface area contributed by atoms with E-state index in [1.165, 1.54) is 12.1 Å². The molecule has 1 atom stereocenters. The molecule has 1 rings (SSSR count). The number of carbonyl (C=O) groups is 1. The Morgan fingerprint density at radius 3 is 2.58 bits per heavy atom. The van der Waals surface area contributed by atoms with Gasteiger partial charge in [-0.1, -0.05) is 27.7 Å². The average molecular weight is 266 g/mol. The van der Waals surface area contributed by atoms with Crippen LogP contribution in [0.3, 0.4) is 0 Å². The lowest BCUT2D eigenvalue weighted by Gasteiger charge is -2.22. The van der Waals surface area contributed by atoms with Gasteiger partial charge in [0.25, 0.3) is 0 Å². The van der Waals surface area contributed by atoms with Crippen molar-refractivity contribution in [1.29, 1.82) is 0 Å². The maximum absolute atomic E-state index is 13.2. The van der Waals surface area contributed by atoms with Gasteiger partial charge >= 0.3 is 0 Å². The lowest BCUT2D eigenvalue weighted by molar-refractivity contribution is -0.117. The number of halogens is 1. The van der Waals surface area contributed by atoms with Gasteiger partial charge in [-0.2, -0.15) is 0 Å². The summed E-state index contributed by atoms with van der Waals surface area (Å²) in [7, 11) is 0. The summed E-state index contributed by atoms with van der Waals surface area (Å²) in [5.41, 5.74) is 6.11. The van der Waals surface area contributed by atoms with E-state index in [1.54, 1.807) is 6.07 Å². The Kier molecular flexibility index (Phi) is 4.92. The van der Waals surface area contributed by atoms with Gasteiger partial charge in [-0.05, 0) is 36.0 Å². The normalized spacial score (nSPS) is 13.1. The van der Waals surface area contributed by atoms with Crippen LogP contribution in [0.25, 0.3) is 0 Å². The molecular formula is C15H23FN2O. The zero-order valence-electron chi connectivity index (χ0n) is 12.1. The van der Waals surface area contributed by atoms with Gasteiger partial charge in [0, 0.05) is 12.1 Å². The van der Waals surface area contributed by atoms with Crippen LogP contribution in [0, 0.1) is 17.2 Å². The number of rotatable bonds is 4. The Morgan fingerprint density at radius 1 is 1.42 bits per heavy atom. The van der Waals surface area contributed by atoms with Crippen molar-refractivity contribution in [1.82, 2.24) is 0 Å². The third kappa shape index (κ3) is 5.73. The van der Waals surface area contributed by atoms with Crippen molar-refractivity contribution in [3.8, 4) is 0 Å². The molecule has 0 heterocycles. The molecule has 0 fully saturated rings. The van der Waals surface area contributed by atoms with Crippen LogP contribution >= 0.6 is 0 Å². The van der Waals surface area contributed by atoms with E-state index >= 15 is 0 Å². The second kappa shape index (κ2) is 6.04. The molecule has 3 nitrogen and oxygen atoms in total. The molecule has 0 saturated heterocycles.